The van der Waals surface area contributed by atoms with Gasteiger partial charge in [-0.2, -0.15) is 0 Å². The van der Waals surface area contributed by atoms with Gasteiger partial charge in [0, 0.05) is 22.3 Å². The number of halogens is 1. The molecule has 2 aromatic rings. The Morgan fingerprint density at radius 1 is 1.13 bits per heavy atom. The van der Waals surface area contributed by atoms with E-state index in [0.717, 1.165) is 11.3 Å². The van der Waals surface area contributed by atoms with Gasteiger partial charge in [0.15, 0.2) is 0 Å². The predicted molar refractivity (Wildman–Crippen MR) is 93.5 cm³/mol. The summed E-state index contributed by atoms with van der Waals surface area (Å²) in [7, 11) is 0. The van der Waals surface area contributed by atoms with Crippen molar-refractivity contribution < 1.29 is 4.79 Å². The van der Waals surface area contributed by atoms with Crippen molar-refractivity contribution >= 4 is 29.0 Å². The summed E-state index contributed by atoms with van der Waals surface area (Å²) in [6.07, 6.45) is 0. The summed E-state index contributed by atoms with van der Waals surface area (Å²) >= 11 is 6.13. The fourth-order valence-electron chi connectivity index (χ4n) is 1.97. The second-order valence-electron chi connectivity index (χ2n) is 6.48. The highest BCUT2D eigenvalue weighted by Crippen LogP contribution is 2.22. The van der Waals surface area contributed by atoms with E-state index in [1.54, 1.807) is 13.0 Å². The molecule has 1 amide bonds. The zero-order chi connectivity index (χ0) is 17.2. The third kappa shape index (κ3) is 4.93. The molecule has 1 aromatic heterocycles. The molecule has 0 radical (unpaired) electrons. The minimum absolute atomic E-state index is 0.229. The molecule has 0 aliphatic rings. The molecule has 0 atom stereocenters. The van der Waals surface area contributed by atoms with Gasteiger partial charge in [0.05, 0.1) is 0 Å². The first-order valence-corrected chi connectivity index (χ1v) is 7.73. The van der Waals surface area contributed by atoms with Gasteiger partial charge >= 0.3 is 0 Å². The summed E-state index contributed by atoms with van der Waals surface area (Å²) in [5, 5.41) is 6.72. The van der Waals surface area contributed by atoms with Crippen molar-refractivity contribution in [2.75, 3.05) is 5.32 Å². The van der Waals surface area contributed by atoms with Crippen LogP contribution >= 0.6 is 11.6 Å². The Morgan fingerprint density at radius 2 is 1.83 bits per heavy atom. The quantitative estimate of drug-likeness (QED) is 0.890. The highest BCUT2D eigenvalue weighted by molar-refractivity contribution is 6.31. The number of nitrogens with zero attached hydrogens (tertiary/aromatic N) is 2. The molecule has 2 N–H and O–H groups in total. The average Bonchev–Trinajstić information content (AvgIpc) is 2.40. The molecule has 0 aliphatic heterocycles. The van der Waals surface area contributed by atoms with E-state index in [0.29, 0.717) is 22.4 Å². The van der Waals surface area contributed by atoms with Crippen molar-refractivity contribution in [3.63, 3.8) is 0 Å². The van der Waals surface area contributed by atoms with Crippen LogP contribution in [0, 0.1) is 13.8 Å². The number of anilines is 2. The van der Waals surface area contributed by atoms with Crippen LogP contribution in [-0.4, -0.2) is 21.4 Å². The van der Waals surface area contributed by atoms with Crippen molar-refractivity contribution in [1.82, 2.24) is 15.3 Å². The third-order valence-electron chi connectivity index (χ3n) is 3.00. The van der Waals surface area contributed by atoms with Crippen molar-refractivity contribution in [3.05, 3.63) is 46.4 Å². The van der Waals surface area contributed by atoms with E-state index in [1.807, 2.05) is 45.9 Å². The molecule has 0 aliphatic carbocycles. The van der Waals surface area contributed by atoms with Crippen LogP contribution in [0.5, 0.6) is 0 Å². The van der Waals surface area contributed by atoms with Gasteiger partial charge in [-0.05, 0) is 52.3 Å². The first kappa shape index (κ1) is 17.2. The van der Waals surface area contributed by atoms with Crippen LogP contribution in [0.25, 0.3) is 0 Å². The second-order valence-corrected chi connectivity index (χ2v) is 6.89. The van der Waals surface area contributed by atoms with E-state index in [4.69, 9.17) is 11.6 Å². The maximum Gasteiger partial charge on any atom is 0.270 e. The normalized spacial score (nSPS) is 11.2. The SMILES string of the molecule is Cc1nc(Nc2ccc(C)c(Cl)c2)cc(C(=O)NC(C)(C)C)n1. The van der Waals surface area contributed by atoms with Gasteiger partial charge in [0.25, 0.3) is 5.91 Å². The standard InChI is InChI=1S/C17H21ClN4O/c1-10-6-7-12(8-13(10)18)21-15-9-14(19-11(2)20-15)16(23)22-17(3,4)5/h6-9H,1-5H3,(H,22,23)(H,19,20,21). The molecule has 122 valence electrons. The molecule has 0 bridgehead atoms. The predicted octanol–water partition coefficient (Wildman–Crippen LogP) is 4.02. The topological polar surface area (TPSA) is 66.9 Å². The van der Waals surface area contributed by atoms with Crippen molar-refractivity contribution in [3.8, 4) is 0 Å². The highest BCUT2D eigenvalue weighted by Gasteiger charge is 2.17. The van der Waals surface area contributed by atoms with Crippen LogP contribution in [-0.2, 0) is 0 Å². The Hall–Kier alpha value is -2.14. The summed E-state index contributed by atoms with van der Waals surface area (Å²) < 4.78 is 0. The van der Waals surface area contributed by atoms with E-state index in [2.05, 4.69) is 20.6 Å². The Labute approximate surface area is 141 Å². The van der Waals surface area contributed by atoms with E-state index >= 15 is 0 Å². The van der Waals surface area contributed by atoms with E-state index in [1.165, 1.54) is 0 Å². The molecular formula is C17H21ClN4O. The number of aromatic nitrogens is 2. The van der Waals surface area contributed by atoms with E-state index < -0.39 is 0 Å². The lowest BCUT2D eigenvalue weighted by molar-refractivity contribution is 0.0914. The number of carbonyl (C=O) groups is 1. The molecular weight excluding hydrogens is 312 g/mol. The Morgan fingerprint density at radius 3 is 2.43 bits per heavy atom. The second kappa shape index (κ2) is 6.54. The number of benzene rings is 1. The Bertz CT molecular complexity index is 738. The van der Waals surface area contributed by atoms with Crippen LogP contribution < -0.4 is 10.6 Å². The van der Waals surface area contributed by atoms with Crippen molar-refractivity contribution in [2.24, 2.45) is 0 Å². The number of hydrogen-bond acceptors (Lipinski definition) is 4. The van der Waals surface area contributed by atoms with Gasteiger partial charge in [-0.15, -0.1) is 0 Å². The smallest absolute Gasteiger partial charge is 0.270 e. The van der Waals surface area contributed by atoms with Gasteiger partial charge in [-0.25, -0.2) is 9.97 Å². The molecule has 0 spiro atoms. The van der Waals surface area contributed by atoms with Crippen LogP contribution in [0.15, 0.2) is 24.3 Å². The molecule has 0 unspecified atom stereocenters. The monoisotopic (exact) mass is 332 g/mol. The van der Waals surface area contributed by atoms with Crippen molar-refractivity contribution in [1.29, 1.82) is 0 Å². The minimum atomic E-state index is -0.325. The largest absolute Gasteiger partial charge is 0.346 e. The van der Waals surface area contributed by atoms with Crippen LogP contribution in [0.2, 0.25) is 5.02 Å². The summed E-state index contributed by atoms with van der Waals surface area (Å²) in [6.45, 7) is 9.46. The number of amides is 1. The number of carbonyl (C=O) groups excluding carboxylic acids is 1. The van der Waals surface area contributed by atoms with Crippen molar-refractivity contribution in [2.45, 2.75) is 40.2 Å². The van der Waals surface area contributed by atoms with Crippen LogP contribution in [0.4, 0.5) is 11.5 Å². The maximum absolute atomic E-state index is 12.3. The zero-order valence-corrected chi connectivity index (χ0v) is 14.7. The first-order chi connectivity index (χ1) is 10.6. The summed E-state index contributed by atoms with van der Waals surface area (Å²) in [6, 6.07) is 7.28. The summed E-state index contributed by atoms with van der Waals surface area (Å²) in [4.78, 5) is 20.8. The number of hydrogen-bond donors (Lipinski definition) is 2. The lowest BCUT2D eigenvalue weighted by atomic mass is 10.1. The zero-order valence-electron chi connectivity index (χ0n) is 14.0. The molecule has 1 aromatic carbocycles. The maximum atomic E-state index is 12.3. The van der Waals surface area contributed by atoms with Gasteiger partial charge < -0.3 is 10.6 Å². The Balaban J connectivity index is 2.26. The lowest BCUT2D eigenvalue weighted by Gasteiger charge is -2.20. The fraction of sp³-hybridized carbons (Fsp3) is 0.353. The van der Waals surface area contributed by atoms with E-state index in [-0.39, 0.29) is 11.4 Å². The first-order valence-electron chi connectivity index (χ1n) is 7.35. The van der Waals surface area contributed by atoms with Gasteiger partial charge in [0.2, 0.25) is 0 Å². The Kier molecular flexibility index (Phi) is 4.90. The molecule has 2 rings (SSSR count). The van der Waals surface area contributed by atoms with Crippen LogP contribution in [0.3, 0.4) is 0 Å². The van der Waals surface area contributed by atoms with E-state index in [9.17, 15) is 4.79 Å². The van der Waals surface area contributed by atoms with Crippen LogP contribution in [0.1, 0.15) is 42.6 Å². The lowest BCUT2D eigenvalue weighted by Crippen LogP contribution is -2.41. The number of aryl methyl sites for hydroxylation is 2. The molecule has 1 heterocycles. The average molecular weight is 333 g/mol. The molecule has 23 heavy (non-hydrogen) atoms. The number of nitrogens with one attached hydrogen (secondary N) is 2. The fourth-order valence-corrected chi connectivity index (χ4v) is 2.15. The molecule has 0 saturated carbocycles. The number of rotatable bonds is 3. The minimum Gasteiger partial charge on any atom is -0.346 e. The third-order valence-corrected chi connectivity index (χ3v) is 3.41. The molecule has 5 nitrogen and oxygen atoms in total. The summed E-state index contributed by atoms with van der Waals surface area (Å²) in [5.41, 5.74) is 1.81. The summed E-state index contributed by atoms with van der Waals surface area (Å²) in [5.74, 6) is 0.844. The highest BCUT2D eigenvalue weighted by atomic mass is 35.5. The van der Waals surface area contributed by atoms with Gasteiger partial charge in [-0.1, -0.05) is 17.7 Å². The molecule has 0 saturated heterocycles. The van der Waals surface area contributed by atoms with Gasteiger partial charge in [0.1, 0.15) is 17.3 Å². The van der Waals surface area contributed by atoms with Gasteiger partial charge in [-0.3, -0.25) is 4.79 Å². The molecule has 0 fully saturated rings. The molecule has 6 heteroatoms.